The third kappa shape index (κ3) is 2.79. The standard InChI is InChI=1S/C13H10N4O2/c14-8-9-4-5-12(7-13(9)17(18)19)16-11-3-1-2-10(15)6-11/h1-7,16H,15H2. The van der Waals surface area contributed by atoms with E-state index in [2.05, 4.69) is 5.32 Å². The van der Waals surface area contributed by atoms with Gasteiger partial charge >= 0.3 is 0 Å². The van der Waals surface area contributed by atoms with E-state index in [1.807, 2.05) is 0 Å². The molecule has 0 aromatic heterocycles. The number of benzene rings is 2. The minimum Gasteiger partial charge on any atom is -0.399 e. The van der Waals surface area contributed by atoms with Crippen LogP contribution < -0.4 is 11.1 Å². The van der Waals surface area contributed by atoms with Crippen molar-refractivity contribution in [2.45, 2.75) is 0 Å². The fourth-order valence-electron chi connectivity index (χ4n) is 1.64. The van der Waals surface area contributed by atoms with Gasteiger partial charge in [-0.15, -0.1) is 0 Å². The van der Waals surface area contributed by atoms with Crippen LogP contribution in [0.15, 0.2) is 42.5 Å². The topological polar surface area (TPSA) is 105 Å². The summed E-state index contributed by atoms with van der Waals surface area (Å²) in [6.07, 6.45) is 0. The summed E-state index contributed by atoms with van der Waals surface area (Å²) in [4.78, 5) is 10.3. The Morgan fingerprint density at radius 2 is 1.95 bits per heavy atom. The summed E-state index contributed by atoms with van der Waals surface area (Å²) in [6, 6.07) is 13.1. The summed E-state index contributed by atoms with van der Waals surface area (Å²) in [6.45, 7) is 0. The van der Waals surface area contributed by atoms with E-state index in [0.29, 0.717) is 11.4 Å². The lowest BCUT2D eigenvalue weighted by atomic mass is 10.1. The van der Waals surface area contributed by atoms with E-state index in [1.165, 1.54) is 12.1 Å². The number of nitrogen functional groups attached to an aromatic ring is 1. The van der Waals surface area contributed by atoms with Gasteiger partial charge in [0.05, 0.1) is 4.92 Å². The van der Waals surface area contributed by atoms with Gasteiger partial charge in [-0.05, 0) is 30.3 Å². The second kappa shape index (κ2) is 5.06. The number of nitrogens with zero attached hydrogens (tertiary/aromatic N) is 2. The second-order valence-corrected chi connectivity index (χ2v) is 3.85. The van der Waals surface area contributed by atoms with Crippen LogP contribution >= 0.6 is 0 Å². The predicted molar refractivity (Wildman–Crippen MR) is 71.9 cm³/mol. The van der Waals surface area contributed by atoms with Crippen LogP contribution in [0.1, 0.15) is 5.56 Å². The molecule has 0 aliphatic carbocycles. The number of nitrogens with one attached hydrogen (secondary N) is 1. The summed E-state index contributed by atoms with van der Waals surface area (Å²) >= 11 is 0. The Hall–Kier alpha value is -3.07. The molecule has 0 aliphatic rings. The van der Waals surface area contributed by atoms with Gasteiger partial charge in [0.25, 0.3) is 5.69 Å². The van der Waals surface area contributed by atoms with Gasteiger partial charge in [0.2, 0.25) is 0 Å². The van der Waals surface area contributed by atoms with Gasteiger partial charge in [0.15, 0.2) is 0 Å². The van der Waals surface area contributed by atoms with Crippen LogP contribution in [0.2, 0.25) is 0 Å². The molecule has 0 fully saturated rings. The first-order valence-corrected chi connectivity index (χ1v) is 5.41. The molecule has 0 spiro atoms. The van der Waals surface area contributed by atoms with Crippen molar-refractivity contribution < 1.29 is 4.92 Å². The third-order valence-corrected chi connectivity index (χ3v) is 2.49. The Balaban J connectivity index is 2.34. The fourth-order valence-corrected chi connectivity index (χ4v) is 1.64. The molecular weight excluding hydrogens is 244 g/mol. The largest absolute Gasteiger partial charge is 0.399 e. The van der Waals surface area contributed by atoms with Gasteiger partial charge in [0, 0.05) is 23.1 Å². The maximum atomic E-state index is 10.8. The molecule has 2 aromatic carbocycles. The average Bonchev–Trinajstić information content (AvgIpc) is 2.38. The SMILES string of the molecule is N#Cc1ccc(Nc2cccc(N)c2)cc1[N+](=O)[O-]. The highest BCUT2D eigenvalue weighted by molar-refractivity contribution is 5.67. The number of nitriles is 1. The van der Waals surface area contributed by atoms with Crippen LogP contribution in [0.3, 0.4) is 0 Å². The van der Waals surface area contributed by atoms with Gasteiger partial charge in [-0.2, -0.15) is 5.26 Å². The lowest BCUT2D eigenvalue weighted by molar-refractivity contribution is -0.385. The predicted octanol–water partition coefficient (Wildman–Crippen LogP) is 2.79. The first kappa shape index (κ1) is 12.4. The number of nitro groups is 1. The molecule has 0 atom stereocenters. The van der Waals surface area contributed by atoms with Crippen molar-refractivity contribution in [3.63, 3.8) is 0 Å². The van der Waals surface area contributed by atoms with Crippen molar-refractivity contribution in [3.8, 4) is 6.07 Å². The molecule has 0 bridgehead atoms. The van der Waals surface area contributed by atoms with Gasteiger partial charge in [-0.3, -0.25) is 10.1 Å². The third-order valence-electron chi connectivity index (χ3n) is 2.49. The van der Waals surface area contributed by atoms with Crippen LogP contribution in [0.5, 0.6) is 0 Å². The summed E-state index contributed by atoms with van der Waals surface area (Å²) in [7, 11) is 0. The van der Waals surface area contributed by atoms with E-state index in [-0.39, 0.29) is 11.3 Å². The first-order chi connectivity index (χ1) is 9.10. The van der Waals surface area contributed by atoms with E-state index in [9.17, 15) is 10.1 Å². The van der Waals surface area contributed by atoms with Gasteiger partial charge in [0.1, 0.15) is 11.6 Å². The van der Waals surface area contributed by atoms with Crippen LogP contribution in [0.25, 0.3) is 0 Å². The van der Waals surface area contributed by atoms with Crippen molar-refractivity contribution in [2.75, 3.05) is 11.1 Å². The molecular formula is C13H10N4O2. The van der Waals surface area contributed by atoms with E-state index in [0.717, 1.165) is 5.69 Å². The Morgan fingerprint density at radius 1 is 1.21 bits per heavy atom. The first-order valence-electron chi connectivity index (χ1n) is 5.41. The lowest BCUT2D eigenvalue weighted by Gasteiger charge is -2.07. The highest BCUT2D eigenvalue weighted by Crippen LogP contribution is 2.25. The molecule has 0 heterocycles. The summed E-state index contributed by atoms with van der Waals surface area (Å²) < 4.78 is 0. The van der Waals surface area contributed by atoms with E-state index in [1.54, 1.807) is 36.4 Å². The highest BCUT2D eigenvalue weighted by Gasteiger charge is 2.14. The summed E-state index contributed by atoms with van der Waals surface area (Å²) in [5.74, 6) is 0. The van der Waals surface area contributed by atoms with Gasteiger partial charge < -0.3 is 11.1 Å². The molecule has 19 heavy (non-hydrogen) atoms. The van der Waals surface area contributed by atoms with Gasteiger partial charge in [-0.1, -0.05) is 6.07 Å². The quantitative estimate of drug-likeness (QED) is 0.497. The normalized spacial score (nSPS) is 9.63. The van der Waals surface area contributed by atoms with Gasteiger partial charge in [-0.25, -0.2) is 0 Å². The second-order valence-electron chi connectivity index (χ2n) is 3.85. The maximum Gasteiger partial charge on any atom is 0.289 e. The van der Waals surface area contributed by atoms with Crippen LogP contribution in [-0.2, 0) is 0 Å². The molecule has 0 saturated heterocycles. The van der Waals surface area contributed by atoms with E-state index >= 15 is 0 Å². The van der Waals surface area contributed by atoms with E-state index in [4.69, 9.17) is 11.0 Å². The lowest BCUT2D eigenvalue weighted by Crippen LogP contribution is -1.96. The minimum atomic E-state index is -0.580. The van der Waals surface area contributed by atoms with Crippen molar-refractivity contribution in [1.82, 2.24) is 0 Å². The van der Waals surface area contributed by atoms with Crippen molar-refractivity contribution in [3.05, 3.63) is 58.1 Å². The Bertz CT molecular complexity index is 677. The smallest absolute Gasteiger partial charge is 0.289 e. The monoisotopic (exact) mass is 254 g/mol. The van der Waals surface area contributed by atoms with Crippen molar-refractivity contribution in [1.29, 1.82) is 5.26 Å². The number of hydrogen-bond acceptors (Lipinski definition) is 5. The zero-order chi connectivity index (χ0) is 13.8. The molecule has 0 saturated carbocycles. The average molecular weight is 254 g/mol. The Kier molecular flexibility index (Phi) is 3.30. The van der Waals surface area contributed by atoms with Crippen LogP contribution in [0.4, 0.5) is 22.7 Å². The maximum absolute atomic E-state index is 10.8. The minimum absolute atomic E-state index is 0.0307. The molecule has 0 aliphatic heterocycles. The number of nitrogens with two attached hydrogens (primary N) is 1. The van der Waals surface area contributed by atoms with Crippen LogP contribution in [0, 0.1) is 21.4 Å². The Morgan fingerprint density at radius 3 is 2.58 bits per heavy atom. The number of anilines is 3. The molecule has 2 aromatic rings. The number of hydrogen-bond donors (Lipinski definition) is 2. The number of nitro benzene ring substituents is 1. The molecule has 0 amide bonds. The molecule has 3 N–H and O–H groups in total. The fraction of sp³-hybridized carbons (Fsp3) is 0. The molecule has 2 rings (SSSR count). The zero-order valence-electron chi connectivity index (χ0n) is 9.83. The molecule has 0 unspecified atom stereocenters. The summed E-state index contributed by atoms with van der Waals surface area (Å²) in [5, 5.41) is 22.6. The Labute approximate surface area is 109 Å². The highest BCUT2D eigenvalue weighted by atomic mass is 16.6. The molecule has 94 valence electrons. The molecule has 6 heteroatoms. The number of rotatable bonds is 3. The zero-order valence-corrected chi connectivity index (χ0v) is 9.83. The van der Waals surface area contributed by atoms with Crippen molar-refractivity contribution >= 4 is 22.7 Å². The van der Waals surface area contributed by atoms with Crippen molar-refractivity contribution in [2.24, 2.45) is 0 Å². The molecule has 6 nitrogen and oxygen atoms in total. The summed E-state index contributed by atoms with van der Waals surface area (Å²) in [5.41, 5.74) is 7.29. The van der Waals surface area contributed by atoms with Crippen LogP contribution in [-0.4, -0.2) is 4.92 Å². The van der Waals surface area contributed by atoms with E-state index < -0.39 is 4.92 Å². The molecule has 0 radical (unpaired) electrons.